The zero-order valence-electron chi connectivity index (χ0n) is 9.08. The van der Waals surface area contributed by atoms with Crippen LogP contribution in [0.4, 0.5) is 8.78 Å². The Morgan fingerprint density at radius 1 is 1.47 bits per heavy atom. The normalized spacial score (nSPS) is 23.9. The van der Waals surface area contributed by atoms with Gasteiger partial charge in [-0.1, -0.05) is 0 Å². The van der Waals surface area contributed by atoms with E-state index >= 15 is 0 Å². The van der Waals surface area contributed by atoms with Crippen molar-refractivity contribution < 1.29 is 18.7 Å². The number of rotatable bonds is 3. The molecule has 0 aliphatic carbocycles. The Labute approximate surface area is 102 Å². The van der Waals surface area contributed by atoms with E-state index in [0.29, 0.717) is 6.42 Å². The van der Waals surface area contributed by atoms with Crippen LogP contribution < -0.4 is 0 Å². The van der Waals surface area contributed by atoms with E-state index in [0.717, 1.165) is 30.4 Å². The second-order valence-electron chi connectivity index (χ2n) is 4.16. The fraction of sp³-hybridized carbons (Fsp3) is 0.417. The van der Waals surface area contributed by atoms with Crippen LogP contribution in [0, 0.1) is 11.6 Å². The van der Waals surface area contributed by atoms with Crippen molar-refractivity contribution in [1.29, 1.82) is 0 Å². The Morgan fingerprint density at radius 3 is 2.82 bits per heavy atom. The lowest BCUT2D eigenvalue weighted by Crippen LogP contribution is -2.35. The molecule has 0 bridgehead atoms. The van der Waals surface area contributed by atoms with Crippen molar-refractivity contribution in [1.82, 2.24) is 0 Å². The van der Waals surface area contributed by atoms with Crippen molar-refractivity contribution in [3.05, 3.63) is 35.4 Å². The molecule has 17 heavy (non-hydrogen) atoms. The average molecular weight is 258 g/mol. The lowest BCUT2D eigenvalue weighted by atomic mass is 9.94. The van der Waals surface area contributed by atoms with Gasteiger partial charge in [-0.3, -0.25) is 4.79 Å². The van der Waals surface area contributed by atoms with E-state index in [1.165, 1.54) is 11.8 Å². The van der Waals surface area contributed by atoms with E-state index in [9.17, 15) is 18.7 Å². The van der Waals surface area contributed by atoms with Gasteiger partial charge in [-0.25, -0.2) is 8.78 Å². The van der Waals surface area contributed by atoms with Gasteiger partial charge in [0.15, 0.2) is 0 Å². The van der Waals surface area contributed by atoms with Gasteiger partial charge in [0.1, 0.15) is 16.4 Å². The summed E-state index contributed by atoms with van der Waals surface area (Å²) in [5, 5.41) is 9.25. The highest BCUT2D eigenvalue weighted by Gasteiger charge is 2.42. The SMILES string of the molecule is O=C(O)C1(Cc2cc(F)ccc2F)CCCS1. The zero-order chi connectivity index (χ0) is 12.5. The van der Waals surface area contributed by atoms with Gasteiger partial charge in [0, 0.05) is 6.42 Å². The van der Waals surface area contributed by atoms with Crippen molar-refractivity contribution in [2.24, 2.45) is 0 Å². The van der Waals surface area contributed by atoms with Crippen molar-refractivity contribution >= 4 is 17.7 Å². The number of thioether (sulfide) groups is 1. The van der Waals surface area contributed by atoms with E-state index in [1.54, 1.807) is 0 Å². The van der Waals surface area contributed by atoms with Gasteiger partial charge < -0.3 is 5.11 Å². The van der Waals surface area contributed by atoms with E-state index < -0.39 is 22.4 Å². The van der Waals surface area contributed by atoms with Crippen LogP contribution in [0.3, 0.4) is 0 Å². The summed E-state index contributed by atoms with van der Waals surface area (Å²) in [4.78, 5) is 11.3. The first kappa shape index (κ1) is 12.4. The summed E-state index contributed by atoms with van der Waals surface area (Å²) < 4.78 is 25.5. The summed E-state index contributed by atoms with van der Waals surface area (Å²) in [6, 6.07) is 3.16. The highest BCUT2D eigenvalue weighted by Crippen LogP contribution is 2.41. The summed E-state index contributed by atoms with van der Waals surface area (Å²) in [5.41, 5.74) is 0.141. The van der Waals surface area contributed by atoms with Gasteiger partial charge in [-0.15, -0.1) is 11.8 Å². The van der Waals surface area contributed by atoms with Gasteiger partial charge >= 0.3 is 5.97 Å². The standard InChI is InChI=1S/C12H12F2O2S/c13-9-2-3-10(14)8(6-9)7-12(11(15)16)4-1-5-17-12/h2-3,6H,1,4-5,7H2,(H,15,16). The van der Waals surface area contributed by atoms with Crippen LogP contribution in [0.2, 0.25) is 0 Å². The molecular formula is C12H12F2O2S. The van der Waals surface area contributed by atoms with Crippen molar-refractivity contribution in [3.8, 4) is 0 Å². The Hall–Kier alpha value is -1.10. The maximum Gasteiger partial charge on any atom is 0.320 e. The Kier molecular flexibility index (Phi) is 3.38. The van der Waals surface area contributed by atoms with Gasteiger partial charge in [-0.05, 0) is 42.4 Å². The first-order chi connectivity index (χ1) is 8.03. The molecule has 0 amide bonds. The molecule has 1 aliphatic heterocycles. The van der Waals surface area contributed by atoms with E-state index in [-0.39, 0.29) is 12.0 Å². The molecule has 1 N–H and O–H groups in total. The van der Waals surface area contributed by atoms with Gasteiger partial charge in [0.2, 0.25) is 0 Å². The monoisotopic (exact) mass is 258 g/mol. The molecule has 0 radical (unpaired) electrons. The first-order valence-electron chi connectivity index (χ1n) is 5.35. The highest BCUT2D eigenvalue weighted by atomic mass is 32.2. The molecule has 1 saturated heterocycles. The number of aliphatic carboxylic acids is 1. The summed E-state index contributed by atoms with van der Waals surface area (Å²) >= 11 is 1.32. The fourth-order valence-corrected chi connectivity index (χ4v) is 3.42. The number of carboxylic acids is 1. The van der Waals surface area contributed by atoms with Crippen LogP contribution in [0.1, 0.15) is 18.4 Å². The van der Waals surface area contributed by atoms with Crippen LogP contribution in [0.5, 0.6) is 0 Å². The van der Waals surface area contributed by atoms with E-state index in [2.05, 4.69) is 0 Å². The molecular weight excluding hydrogens is 246 g/mol. The Morgan fingerprint density at radius 2 is 2.24 bits per heavy atom. The summed E-state index contributed by atoms with van der Waals surface area (Å²) in [6.45, 7) is 0. The molecule has 2 rings (SSSR count). The zero-order valence-corrected chi connectivity index (χ0v) is 9.90. The molecule has 1 aromatic carbocycles. The maximum absolute atomic E-state index is 13.5. The molecule has 1 fully saturated rings. The first-order valence-corrected chi connectivity index (χ1v) is 6.33. The van der Waals surface area contributed by atoms with Crippen LogP contribution in [0.25, 0.3) is 0 Å². The number of halogens is 2. The van der Waals surface area contributed by atoms with E-state index in [1.807, 2.05) is 0 Å². The number of hydrogen-bond acceptors (Lipinski definition) is 2. The minimum absolute atomic E-state index is 0.0383. The molecule has 1 heterocycles. The van der Waals surface area contributed by atoms with Gasteiger partial charge in [0.05, 0.1) is 0 Å². The van der Waals surface area contributed by atoms with Crippen LogP contribution >= 0.6 is 11.8 Å². The number of benzene rings is 1. The summed E-state index contributed by atoms with van der Waals surface area (Å²) in [5.74, 6) is -1.27. The predicted molar refractivity (Wildman–Crippen MR) is 62.1 cm³/mol. The van der Waals surface area contributed by atoms with Gasteiger partial charge in [-0.2, -0.15) is 0 Å². The molecule has 0 aromatic heterocycles. The minimum atomic E-state index is -0.991. The van der Waals surface area contributed by atoms with Crippen LogP contribution in [-0.2, 0) is 11.2 Å². The highest BCUT2D eigenvalue weighted by molar-refractivity contribution is 8.01. The molecule has 1 atom stereocenters. The van der Waals surface area contributed by atoms with Crippen LogP contribution in [-0.4, -0.2) is 21.6 Å². The van der Waals surface area contributed by atoms with E-state index in [4.69, 9.17) is 0 Å². The second kappa shape index (κ2) is 4.64. The second-order valence-corrected chi connectivity index (χ2v) is 5.64. The maximum atomic E-state index is 13.5. The topological polar surface area (TPSA) is 37.3 Å². The average Bonchev–Trinajstić information content (AvgIpc) is 2.73. The third-order valence-corrected chi connectivity index (χ3v) is 4.55. The largest absolute Gasteiger partial charge is 0.480 e. The summed E-state index contributed by atoms with van der Waals surface area (Å²) in [7, 11) is 0. The third-order valence-electron chi connectivity index (χ3n) is 2.98. The molecule has 1 unspecified atom stereocenters. The number of carboxylic acid groups (broad SMARTS) is 1. The summed E-state index contributed by atoms with van der Waals surface area (Å²) in [6.07, 6.45) is 1.34. The smallest absolute Gasteiger partial charge is 0.320 e. The quantitative estimate of drug-likeness (QED) is 0.905. The minimum Gasteiger partial charge on any atom is -0.480 e. The molecule has 0 saturated carbocycles. The predicted octanol–water partition coefficient (Wildman–Crippen LogP) is 2.86. The van der Waals surface area contributed by atoms with Crippen molar-refractivity contribution in [3.63, 3.8) is 0 Å². The Balaban J connectivity index is 2.29. The number of carbonyl (C=O) groups is 1. The molecule has 1 aliphatic rings. The third kappa shape index (κ3) is 2.44. The van der Waals surface area contributed by atoms with Gasteiger partial charge in [0.25, 0.3) is 0 Å². The fourth-order valence-electron chi connectivity index (χ4n) is 2.07. The van der Waals surface area contributed by atoms with Crippen LogP contribution in [0.15, 0.2) is 18.2 Å². The molecule has 1 aromatic rings. The molecule has 2 nitrogen and oxygen atoms in total. The van der Waals surface area contributed by atoms with Crippen molar-refractivity contribution in [2.75, 3.05) is 5.75 Å². The van der Waals surface area contributed by atoms with Crippen molar-refractivity contribution in [2.45, 2.75) is 24.0 Å². The Bertz CT molecular complexity index is 442. The molecule has 92 valence electrons. The lowest BCUT2D eigenvalue weighted by Gasteiger charge is -2.23. The molecule has 0 spiro atoms. The molecule has 5 heteroatoms. The number of hydrogen-bond donors (Lipinski definition) is 1. The lowest BCUT2D eigenvalue weighted by molar-refractivity contribution is -0.139.